The quantitative estimate of drug-likeness (QED) is 0.795. The van der Waals surface area contributed by atoms with Gasteiger partial charge in [-0.3, -0.25) is 0 Å². The van der Waals surface area contributed by atoms with Crippen LogP contribution in [0.15, 0.2) is 35.9 Å². The van der Waals surface area contributed by atoms with E-state index in [2.05, 4.69) is 30.9 Å². The smallest absolute Gasteiger partial charge is 0.328 e. The van der Waals surface area contributed by atoms with Crippen molar-refractivity contribution < 1.29 is 9.90 Å². The summed E-state index contributed by atoms with van der Waals surface area (Å²) in [7, 11) is 0. The average molecular weight is 233 g/mol. The third-order valence-electron chi connectivity index (χ3n) is 2.56. The predicted molar refractivity (Wildman–Crippen MR) is 70.5 cm³/mol. The predicted octanol–water partition coefficient (Wildman–Crippen LogP) is 2.85. The fourth-order valence-electron chi connectivity index (χ4n) is 1.77. The SMILES string of the molecule is CCN(CC(C)=CC(=O)O)c1cccc(C)c1. The van der Waals surface area contributed by atoms with Crippen LogP contribution in [0.25, 0.3) is 0 Å². The molecule has 1 aromatic rings. The molecule has 0 spiro atoms. The van der Waals surface area contributed by atoms with Crippen molar-refractivity contribution in [2.75, 3.05) is 18.0 Å². The van der Waals surface area contributed by atoms with Crippen LogP contribution in [0.1, 0.15) is 19.4 Å². The summed E-state index contributed by atoms with van der Waals surface area (Å²) in [6, 6.07) is 8.23. The van der Waals surface area contributed by atoms with Crippen LogP contribution in [-0.2, 0) is 4.79 Å². The largest absolute Gasteiger partial charge is 0.478 e. The number of carboxylic acid groups (broad SMARTS) is 1. The van der Waals surface area contributed by atoms with Crippen molar-refractivity contribution in [3.63, 3.8) is 0 Å². The van der Waals surface area contributed by atoms with Gasteiger partial charge in [-0.2, -0.15) is 0 Å². The van der Waals surface area contributed by atoms with E-state index in [1.807, 2.05) is 19.1 Å². The molecular formula is C14H19NO2. The molecule has 0 heterocycles. The Bertz CT molecular complexity index is 424. The molecule has 92 valence electrons. The third kappa shape index (κ3) is 4.31. The minimum absolute atomic E-state index is 0.645. The zero-order valence-electron chi connectivity index (χ0n) is 10.6. The minimum Gasteiger partial charge on any atom is -0.478 e. The summed E-state index contributed by atoms with van der Waals surface area (Å²) in [5, 5.41) is 8.69. The first-order valence-electron chi connectivity index (χ1n) is 5.74. The number of carbonyl (C=O) groups is 1. The second-order valence-corrected chi connectivity index (χ2v) is 4.18. The van der Waals surface area contributed by atoms with Gasteiger partial charge in [-0.05, 0) is 44.0 Å². The Labute approximate surface area is 102 Å². The number of carboxylic acids is 1. The third-order valence-corrected chi connectivity index (χ3v) is 2.56. The molecule has 0 fully saturated rings. The summed E-state index contributed by atoms with van der Waals surface area (Å²) in [6.07, 6.45) is 1.26. The molecule has 0 saturated heterocycles. The zero-order chi connectivity index (χ0) is 12.8. The van der Waals surface area contributed by atoms with Crippen molar-refractivity contribution in [2.24, 2.45) is 0 Å². The van der Waals surface area contributed by atoms with Gasteiger partial charge in [-0.1, -0.05) is 12.1 Å². The Morgan fingerprint density at radius 3 is 2.71 bits per heavy atom. The summed E-state index contributed by atoms with van der Waals surface area (Å²) < 4.78 is 0. The van der Waals surface area contributed by atoms with E-state index < -0.39 is 5.97 Å². The van der Waals surface area contributed by atoms with Crippen LogP contribution >= 0.6 is 0 Å². The van der Waals surface area contributed by atoms with E-state index in [1.54, 1.807) is 0 Å². The van der Waals surface area contributed by atoms with Crippen LogP contribution in [0, 0.1) is 6.92 Å². The number of aryl methyl sites for hydroxylation is 1. The van der Waals surface area contributed by atoms with Gasteiger partial charge in [-0.25, -0.2) is 4.79 Å². The van der Waals surface area contributed by atoms with Gasteiger partial charge in [0.05, 0.1) is 0 Å². The molecule has 0 unspecified atom stereocenters. The van der Waals surface area contributed by atoms with E-state index in [1.165, 1.54) is 11.6 Å². The van der Waals surface area contributed by atoms with E-state index in [0.717, 1.165) is 17.8 Å². The molecule has 0 amide bonds. The first-order chi connectivity index (χ1) is 8.02. The molecule has 0 saturated carbocycles. The molecule has 0 bridgehead atoms. The number of benzene rings is 1. The minimum atomic E-state index is -0.886. The van der Waals surface area contributed by atoms with Gasteiger partial charge in [0.15, 0.2) is 0 Å². The van der Waals surface area contributed by atoms with Crippen LogP contribution < -0.4 is 4.90 Å². The molecule has 0 aromatic heterocycles. The lowest BCUT2D eigenvalue weighted by atomic mass is 10.2. The second-order valence-electron chi connectivity index (χ2n) is 4.18. The Morgan fingerprint density at radius 1 is 1.47 bits per heavy atom. The van der Waals surface area contributed by atoms with Crippen molar-refractivity contribution in [3.8, 4) is 0 Å². The highest BCUT2D eigenvalue weighted by atomic mass is 16.4. The standard InChI is InChI=1S/C14H19NO2/c1-4-15(10-12(3)9-14(16)17)13-7-5-6-11(2)8-13/h5-9H,4,10H2,1-3H3,(H,16,17). The molecule has 0 aliphatic carbocycles. The van der Waals surface area contributed by atoms with Gasteiger partial charge in [0, 0.05) is 24.9 Å². The molecule has 3 heteroatoms. The van der Waals surface area contributed by atoms with Crippen LogP contribution in [0.3, 0.4) is 0 Å². The Balaban J connectivity index is 2.82. The van der Waals surface area contributed by atoms with Crippen molar-refractivity contribution >= 4 is 11.7 Å². The molecule has 3 nitrogen and oxygen atoms in total. The number of likely N-dealkylation sites (N-methyl/N-ethyl adjacent to an activating group) is 1. The summed E-state index contributed by atoms with van der Waals surface area (Å²) >= 11 is 0. The summed E-state index contributed by atoms with van der Waals surface area (Å²) in [4.78, 5) is 12.7. The monoisotopic (exact) mass is 233 g/mol. The molecular weight excluding hydrogens is 214 g/mol. The summed E-state index contributed by atoms with van der Waals surface area (Å²) in [5.41, 5.74) is 3.19. The first-order valence-corrected chi connectivity index (χ1v) is 5.74. The van der Waals surface area contributed by atoms with Gasteiger partial charge >= 0.3 is 5.97 Å². The van der Waals surface area contributed by atoms with Crippen molar-refractivity contribution in [1.29, 1.82) is 0 Å². The average Bonchev–Trinajstić information content (AvgIpc) is 2.24. The maximum absolute atomic E-state index is 10.6. The highest BCUT2D eigenvalue weighted by Crippen LogP contribution is 2.16. The van der Waals surface area contributed by atoms with E-state index in [0.29, 0.717) is 6.54 Å². The number of anilines is 1. The normalized spacial score (nSPS) is 11.4. The van der Waals surface area contributed by atoms with Crippen molar-refractivity contribution in [1.82, 2.24) is 0 Å². The van der Waals surface area contributed by atoms with E-state index in [9.17, 15) is 4.79 Å². The molecule has 0 aliphatic heterocycles. The fraction of sp³-hybridized carbons (Fsp3) is 0.357. The lowest BCUT2D eigenvalue weighted by Crippen LogP contribution is -2.24. The highest BCUT2D eigenvalue weighted by molar-refractivity contribution is 5.80. The molecule has 17 heavy (non-hydrogen) atoms. The second kappa shape index (κ2) is 6.09. The highest BCUT2D eigenvalue weighted by Gasteiger charge is 2.05. The topological polar surface area (TPSA) is 40.5 Å². The molecule has 1 N–H and O–H groups in total. The zero-order valence-corrected chi connectivity index (χ0v) is 10.6. The maximum Gasteiger partial charge on any atom is 0.328 e. The van der Waals surface area contributed by atoms with Gasteiger partial charge in [0.25, 0.3) is 0 Å². The van der Waals surface area contributed by atoms with E-state index >= 15 is 0 Å². The molecule has 1 rings (SSSR count). The summed E-state index contributed by atoms with van der Waals surface area (Å²) in [5.74, 6) is -0.886. The van der Waals surface area contributed by atoms with Crippen LogP contribution in [0.2, 0.25) is 0 Å². The lowest BCUT2D eigenvalue weighted by molar-refractivity contribution is -0.131. The number of aliphatic carboxylic acids is 1. The molecule has 0 atom stereocenters. The van der Waals surface area contributed by atoms with Crippen molar-refractivity contribution in [2.45, 2.75) is 20.8 Å². The van der Waals surface area contributed by atoms with Gasteiger partial charge in [-0.15, -0.1) is 0 Å². The van der Waals surface area contributed by atoms with Crippen LogP contribution in [0.5, 0.6) is 0 Å². The Kier molecular flexibility index (Phi) is 4.76. The Morgan fingerprint density at radius 2 is 2.18 bits per heavy atom. The molecule has 1 aromatic carbocycles. The van der Waals surface area contributed by atoms with E-state index in [-0.39, 0.29) is 0 Å². The van der Waals surface area contributed by atoms with Gasteiger partial charge < -0.3 is 10.0 Å². The maximum atomic E-state index is 10.6. The fourth-order valence-corrected chi connectivity index (χ4v) is 1.77. The molecule has 0 aliphatic rings. The molecule has 0 radical (unpaired) electrons. The van der Waals surface area contributed by atoms with Crippen LogP contribution in [0.4, 0.5) is 5.69 Å². The van der Waals surface area contributed by atoms with Crippen LogP contribution in [-0.4, -0.2) is 24.2 Å². The van der Waals surface area contributed by atoms with Crippen molar-refractivity contribution in [3.05, 3.63) is 41.5 Å². The Hall–Kier alpha value is -1.77. The lowest BCUT2D eigenvalue weighted by Gasteiger charge is -2.23. The van der Waals surface area contributed by atoms with Gasteiger partial charge in [0.1, 0.15) is 0 Å². The number of hydrogen-bond acceptors (Lipinski definition) is 2. The number of hydrogen-bond donors (Lipinski definition) is 1. The number of nitrogens with zero attached hydrogens (tertiary/aromatic N) is 1. The summed E-state index contributed by atoms with van der Waals surface area (Å²) in [6.45, 7) is 7.46. The van der Waals surface area contributed by atoms with Gasteiger partial charge in [0.2, 0.25) is 0 Å². The first kappa shape index (κ1) is 13.3. The number of rotatable bonds is 5. The van der Waals surface area contributed by atoms with E-state index in [4.69, 9.17) is 5.11 Å².